The van der Waals surface area contributed by atoms with Gasteiger partial charge in [0, 0.05) is 34.9 Å². The van der Waals surface area contributed by atoms with Crippen LogP contribution in [-0.4, -0.2) is 7.11 Å². The number of fused-ring (bicyclic) bond motifs is 15. The molecule has 0 fully saturated rings. The molecule has 1 spiro atoms. The van der Waals surface area contributed by atoms with Crippen LogP contribution in [0, 0.1) is 13.8 Å². The highest BCUT2D eigenvalue weighted by atomic mass is 16.5. The maximum Gasteiger partial charge on any atom is 0.179 e. The smallest absolute Gasteiger partial charge is 0.179 e. The molecule has 15 rings (SSSR count). The van der Waals surface area contributed by atoms with Crippen molar-refractivity contribution in [2.45, 2.75) is 44.8 Å². The van der Waals surface area contributed by atoms with E-state index in [-0.39, 0.29) is 7.43 Å². The summed E-state index contributed by atoms with van der Waals surface area (Å²) in [5.74, 6) is 0.862. The Balaban J connectivity index is 0.00000528. The molecular weight excluding hydrogens is 921 g/mol. The number of ether oxygens (including phenoxy) is 2. The topological polar surface area (TPSA) is 18.5 Å². The Labute approximate surface area is 445 Å². The zero-order valence-electron chi connectivity index (χ0n) is 42.4. The Hall–Kier alpha value is -8.82. The molecule has 11 aromatic carbocycles. The van der Waals surface area contributed by atoms with Crippen molar-refractivity contribution >= 4 is 32.7 Å². The van der Waals surface area contributed by atoms with E-state index in [4.69, 9.17) is 9.47 Å². The molecule has 2 nitrogen and oxygen atoms in total. The zero-order valence-corrected chi connectivity index (χ0v) is 42.4. The fraction of sp³-hybridized carbons (Fsp3) is 0.108. The van der Waals surface area contributed by atoms with Crippen LogP contribution in [0.4, 0.5) is 0 Å². The number of hydrogen-bond acceptors (Lipinski definition) is 2. The maximum atomic E-state index is 7.62. The third-order valence-corrected chi connectivity index (χ3v) is 17.5. The first-order valence-corrected chi connectivity index (χ1v) is 26.3. The van der Waals surface area contributed by atoms with Gasteiger partial charge in [0.1, 0.15) is 11.4 Å². The highest BCUT2D eigenvalue weighted by molar-refractivity contribution is 6.04. The van der Waals surface area contributed by atoms with E-state index in [1.807, 2.05) is 7.11 Å². The third kappa shape index (κ3) is 6.14. The van der Waals surface area contributed by atoms with Gasteiger partial charge >= 0.3 is 0 Å². The highest BCUT2D eigenvalue weighted by Crippen LogP contribution is 2.59. The first-order chi connectivity index (χ1) is 36.8. The van der Waals surface area contributed by atoms with E-state index in [2.05, 4.69) is 263 Å². The van der Waals surface area contributed by atoms with Gasteiger partial charge in [0.05, 0.1) is 5.41 Å². The van der Waals surface area contributed by atoms with Crippen molar-refractivity contribution in [3.8, 4) is 39.1 Å². The summed E-state index contributed by atoms with van der Waals surface area (Å²) in [4.78, 5) is 0. The molecule has 2 heteroatoms. The van der Waals surface area contributed by atoms with Crippen LogP contribution in [0.2, 0.25) is 0 Å². The molecule has 0 radical (unpaired) electrons. The second-order valence-electron chi connectivity index (χ2n) is 21.1. The Kier molecular flexibility index (Phi) is 10.1. The minimum Gasteiger partial charge on any atom is -0.473 e. The van der Waals surface area contributed by atoms with Crippen LogP contribution >= 0.6 is 0 Å². The van der Waals surface area contributed by atoms with Gasteiger partial charge in [0.2, 0.25) is 0 Å². The van der Waals surface area contributed by atoms with Crippen molar-refractivity contribution < 1.29 is 9.47 Å². The third-order valence-electron chi connectivity index (χ3n) is 17.5. The summed E-state index contributed by atoms with van der Waals surface area (Å²) in [5.41, 5.74) is 23.2. The first-order valence-electron chi connectivity index (χ1n) is 26.3. The SMILES string of the molecule is C.COC1(/C=C(\C)c2cccc(C3=CC4(Oc5ccc6cc(C7(c8ccc9c(C)c(C)ccc9c8)c8ccccc8-c8ccccc87)ccc6c53)c3ccccc3-c3ccccc34)c2)c2ccccc2-c2ccccc21. The minimum atomic E-state index is -0.851. The highest BCUT2D eigenvalue weighted by Gasteiger charge is 2.49. The lowest BCUT2D eigenvalue weighted by molar-refractivity contribution is 0.0698. The van der Waals surface area contributed by atoms with Crippen molar-refractivity contribution in [1.29, 1.82) is 0 Å². The number of benzene rings is 11. The van der Waals surface area contributed by atoms with Gasteiger partial charge in [-0.25, -0.2) is 0 Å². The molecule has 0 N–H and O–H groups in total. The van der Waals surface area contributed by atoms with E-state index in [1.54, 1.807) is 0 Å². The quantitative estimate of drug-likeness (QED) is 0.165. The number of hydrogen-bond donors (Lipinski definition) is 0. The van der Waals surface area contributed by atoms with Gasteiger partial charge < -0.3 is 9.47 Å². The number of rotatable bonds is 6. The monoisotopic (exact) mass is 976 g/mol. The predicted molar refractivity (Wildman–Crippen MR) is 315 cm³/mol. The molecule has 0 amide bonds. The Morgan fingerprint density at radius 3 is 1.50 bits per heavy atom. The van der Waals surface area contributed by atoms with Gasteiger partial charge in [-0.2, -0.15) is 0 Å². The molecule has 11 aromatic rings. The second kappa shape index (κ2) is 16.8. The lowest BCUT2D eigenvalue weighted by Crippen LogP contribution is -2.33. The van der Waals surface area contributed by atoms with E-state index in [0.717, 1.165) is 66.6 Å². The van der Waals surface area contributed by atoms with Crippen molar-refractivity contribution in [1.82, 2.24) is 0 Å². The molecule has 0 bridgehead atoms. The van der Waals surface area contributed by atoms with Crippen LogP contribution in [0.15, 0.2) is 243 Å². The molecule has 76 heavy (non-hydrogen) atoms. The van der Waals surface area contributed by atoms with Gasteiger partial charge in [0.25, 0.3) is 0 Å². The molecular formula is C74H56O2. The van der Waals surface area contributed by atoms with Gasteiger partial charge in [-0.3, -0.25) is 0 Å². The fourth-order valence-electron chi connectivity index (χ4n) is 13.9. The number of aryl methyl sites for hydroxylation is 2. The predicted octanol–water partition coefficient (Wildman–Crippen LogP) is 18.3. The van der Waals surface area contributed by atoms with Gasteiger partial charge in [-0.15, -0.1) is 0 Å². The van der Waals surface area contributed by atoms with Crippen LogP contribution in [0.3, 0.4) is 0 Å². The Morgan fingerprint density at radius 1 is 0.461 bits per heavy atom. The van der Waals surface area contributed by atoms with E-state index < -0.39 is 16.6 Å². The van der Waals surface area contributed by atoms with Crippen molar-refractivity contribution in [2.75, 3.05) is 7.11 Å². The first kappa shape index (κ1) is 45.8. The standard InChI is InChI=1S/C73H52O2.CH4/c1-45-32-33-50-41-52(35-37-54(50)47(45)3)73(67-30-15-9-24-60(67)61-25-10-16-31-68(61)73)53-36-38-55-51(42-53)34-39-69-70(55)62(44-72(75-69)65-28-13-7-22-58(65)59-23-8-14-29-66(59)72)49-19-17-18-48(40-49)46(2)43-71(74-4)63-26-11-5-20-56(63)57-21-6-12-27-64(57)71;/h5-44H,1-4H3;1H4/b46-43+;. The molecule has 1 aliphatic heterocycles. The van der Waals surface area contributed by atoms with E-state index in [9.17, 15) is 0 Å². The molecule has 1 heterocycles. The summed E-state index contributed by atoms with van der Waals surface area (Å²) in [5, 5.41) is 4.85. The van der Waals surface area contributed by atoms with Crippen LogP contribution in [0.5, 0.6) is 5.75 Å². The average molecular weight is 977 g/mol. The number of allylic oxidation sites excluding steroid dienone is 1. The average Bonchev–Trinajstić information content (AvgIpc) is 4.20. The Morgan fingerprint density at radius 2 is 0.934 bits per heavy atom. The molecule has 0 saturated heterocycles. The van der Waals surface area contributed by atoms with Crippen LogP contribution < -0.4 is 4.74 Å². The van der Waals surface area contributed by atoms with E-state index >= 15 is 0 Å². The summed E-state index contributed by atoms with van der Waals surface area (Å²) in [6, 6.07) is 85.6. The van der Waals surface area contributed by atoms with Crippen molar-refractivity contribution in [3.63, 3.8) is 0 Å². The maximum absolute atomic E-state index is 7.62. The van der Waals surface area contributed by atoms with Crippen LogP contribution in [-0.2, 0) is 21.4 Å². The second-order valence-corrected chi connectivity index (χ2v) is 21.1. The van der Waals surface area contributed by atoms with Gasteiger partial charge in [-0.05, 0) is 168 Å². The van der Waals surface area contributed by atoms with Crippen molar-refractivity contribution in [2.24, 2.45) is 0 Å². The molecule has 3 aliphatic carbocycles. The molecule has 0 aromatic heterocycles. The molecule has 364 valence electrons. The van der Waals surface area contributed by atoms with E-state index in [0.29, 0.717) is 0 Å². The molecule has 0 saturated carbocycles. The summed E-state index contributed by atoms with van der Waals surface area (Å²) >= 11 is 0. The molecule has 0 unspecified atom stereocenters. The van der Waals surface area contributed by atoms with Crippen LogP contribution in [0.1, 0.15) is 86.7 Å². The lowest BCUT2D eigenvalue weighted by atomic mass is 9.67. The van der Waals surface area contributed by atoms with Crippen molar-refractivity contribution in [3.05, 3.63) is 315 Å². The molecule has 0 atom stereocenters. The fourth-order valence-corrected chi connectivity index (χ4v) is 13.9. The van der Waals surface area contributed by atoms with Gasteiger partial charge in [0.15, 0.2) is 5.60 Å². The van der Waals surface area contributed by atoms with Crippen LogP contribution in [0.25, 0.3) is 66.1 Å². The lowest BCUT2D eigenvalue weighted by Gasteiger charge is -2.37. The Bertz CT molecular complexity index is 4180. The van der Waals surface area contributed by atoms with Gasteiger partial charge in [-0.1, -0.05) is 214 Å². The summed E-state index contributed by atoms with van der Waals surface area (Å²) in [6.07, 6.45) is 4.76. The number of methoxy groups -OCH3 is 1. The zero-order chi connectivity index (χ0) is 50.2. The minimum absolute atomic E-state index is 0. The van der Waals surface area contributed by atoms with E-state index in [1.165, 1.54) is 77.5 Å². The summed E-state index contributed by atoms with van der Waals surface area (Å²) in [6.45, 7) is 6.68. The normalized spacial score (nSPS) is 15.4. The summed E-state index contributed by atoms with van der Waals surface area (Å²) < 4.78 is 14.3. The largest absolute Gasteiger partial charge is 0.473 e. The summed E-state index contributed by atoms with van der Waals surface area (Å²) in [7, 11) is 1.84. The molecule has 4 aliphatic rings.